The van der Waals surface area contributed by atoms with Gasteiger partial charge in [-0.3, -0.25) is 0 Å². The third-order valence-corrected chi connectivity index (χ3v) is 1.26. The molecule has 1 heterocycles. The molecule has 2 unspecified atom stereocenters. The standard InChI is InChI=1S/C5H12O4.C3H6O/c6-1-2-9-4-5(8)3-7;1-3-2-4-3/h5-8H,1-4H2;3H,2H2,1H3. The van der Waals surface area contributed by atoms with E-state index in [1.807, 2.05) is 0 Å². The van der Waals surface area contributed by atoms with Crippen LogP contribution in [0.25, 0.3) is 0 Å². The molecule has 1 fully saturated rings. The predicted octanol–water partition coefficient (Wildman–Crippen LogP) is -1.25. The fourth-order valence-corrected chi connectivity index (χ4v) is 0.433. The van der Waals surface area contributed by atoms with E-state index in [4.69, 9.17) is 20.1 Å². The van der Waals surface area contributed by atoms with Crippen LogP contribution >= 0.6 is 0 Å². The summed E-state index contributed by atoms with van der Waals surface area (Å²) >= 11 is 0. The van der Waals surface area contributed by atoms with Crippen LogP contribution < -0.4 is 0 Å². The fraction of sp³-hybridized carbons (Fsp3) is 1.00. The maximum absolute atomic E-state index is 8.63. The molecule has 1 rings (SSSR count). The monoisotopic (exact) mass is 194 g/mol. The van der Waals surface area contributed by atoms with Gasteiger partial charge in [0.05, 0.1) is 39.1 Å². The van der Waals surface area contributed by atoms with Crippen molar-refractivity contribution in [1.29, 1.82) is 0 Å². The highest BCUT2D eigenvalue weighted by atomic mass is 16.6. The van der Waals surface area contributed by atoms with Gasteiger partial charge in [-0.25, -0.2) is 0 Å². The average Bonchev–Trinajstić information content (AvgIpc) is 2.89. The minimum absolute atomic E-state index is 0.0574. The van der Waals surface area contributed by atoms with Crippen molar-refractivity contribution in [2.75, 3.05) is 33.0 Å². The first-order valence-electron chi connectivity index (χ1n) is 4.29. The SMILES string of the molecule is CC1CO1.OCCOCC(O)CO. The summed E-state index contributed by atoms with van der Waals surface area (Å²) in [7, 11) is 0. The molecule has 0 amide bonds. The van der Waals surface area contributed by atoms with Crippen molar-refractivity contribution < 1.29 is 24.8 Å². The minimum atomic E-state index is -0.823. The maximum Gasteiger partial charge on any atom is 0.100 e. The second-order valence-electron chi connectivity index (χ2n) is 2.78. The van der Waals surface area contributed by atoms with Crippen LogP contribution in [0.4, 0.5) is 0 Å². The lowest BCUT2D eigenvalue weighted by Crippen LogP contribution is -2.20. The van der Waals surface area contributed by atoms with Crippen molar-refractivity contribution in [1.82, 2.24) is 0 Å². The molecule has 0 aromatic rings. The molecule has 0 saturated carbocycles. The van der Waals surface area contributed by atoms with Crippen molar-refractivity contribution in [3.05, 3.63) is 0 Å². The molecule has 3 N–H and O–H groups in total. The third kappa shape index (κ3) is 11.8. The first-order chi connectivity index (χ1) is 6.20. The number of aliphatic hydroxyl groups is 3. The molecule has 1 aliphatic heterocycles. The van der Waals surface area contributed by atoms with E-state index in [1.165, 1.54) is 0 Å². The Kier molecular flexibility index (Phi) is 8.27. The number of rotatable bonds is 5. The van der Waals surface area contributed by atoms with Crippen molar-refractivity contribution >= 4 is 0 Å². The summed E-state index contributed by atoms with van der Waals surface area (Å²) < 4.78 is 9.38. The molecule has 5 heteroatoms. The van der Waals surface area contributed by atoms with Crippen LogP contribution in [0.15, 0.2) is 0 Å². The van der Waals surface area contributed by atoms with Gasteiger partial charge >= 0.3 is 0 Å². The number of epoxide rings is 1. The van der Waals surface area contributed by atoms with E-state index in [1.54, 1.807) is 0 Å². The zero-order chi connectivity index (χ0) is 10.1. The summed E-state index contributed by atoms with van der Waals surface area (Å²) in [5.41, 5.74) is 0. The average molecular weight is 194 g/mol. The topological polar surface area (TPSA) is 82.5 Å². The van der Waals surface area contributed by atoms with E-state index in [0.29, 0.717) is 6.10 Å². The van der Waals surface area contributed by atoms with Gasteiger partial charge in [0.1, 0.15) is 6.10 Å². The molecule has 0 aromatic carbocycles. The van der Waals surface area contributed by atoms with Crippen LogP contribution in [0.1, 0.15) is 6.92 Å². The van der Waals surface area contributed by atoms with E-state index in [9.17, 15) is 0 Å². The Hall–Kier alpha value is -0.200. The van der Waals surface area contributed by atoms with Crippen LogP contribution in [0.2, 0.25) is 0 Å². The van der Waals surface area contributed by atoms with Gasteiger partial charge in [-0.1, -0.05) is 0 Å². The first kappa shape index (κ1) is 12.8. The van der Waals surface area contributed by atoms with Gasteiger partial charge in [0, 0.05) is 0 Å². The molecule has 13 heavy (non-hydrogen) atoms. The largest absolute Gasteiger partial charge is 0.394 e. The van der Waals surface area contributed by atoms with Gasteiger partial charge in [-0.2, -0.15) is 0 Å². The van der Waals surface area contributed by atoms with Gasteiger partial charge < -0.3 is 24.8 Å². The highest BCUT2D eigenvalue weighted by Crippen LogP contribution is 2.04. The normalized spacial score (nSPS) is 21.7. The number of hydrogen-bond acceptors (Lipinski definition) is 5. The molecule has 0 spiro atoms. The molecule has 0 bridgehead atoms. The Labute approximate surface area is 77.9 Å². The van der Waals surface area contributed by atoms with Gasteiger partial charge in [0.15, 0.2) is 0 Å². The number of ether oxygens (including phenoxy) is 2. The van der Waals surface area contributed by atoms with E-state index >= 15 is 0 Å². The molecule has 5 nitrogen and oxygen atoms in total. The van der Waals surface area contributed by atoms with Crippen molar-refractivity contribution in [3.63, 3.8) is 0 Å². The van der Waals surface area contributed by atoms with Crippen LogP contribution in [0, 0.1) is 0 Å². The number of aliphatic hydroxyl groups excluding tert-OH is 3. The Morgan fingerprint density at radius 3 is 2.38 bits per heavy atom. The van der Waals surface area contributed by atoms with E-state index in [-0.39, 0.29) is 26.4 Å². The third-order valence-electron chi connectivity index (χ3n) is 1.26. The highest BCUT2D eigenvalue weighted by molar-refractivity contribution is 4.58. The molecular weight excluding hydrogens is 176 g/mol. The molecule has 80 valence electrons. The summed E-state index contributed by atoms with van der Waals surface area (Å²) in [5.74, 6) is 0. The van der Waals surface area contributed by atoms with E-state index in [2.05, 4.69) is 11.7 Å². The van der Waals surface area contributed by atoms with Crippen LogP contribution in [-0.2, 0) is 9.47 Å². The van der Waals surface area contributed by atoms with Gasteiger partial charge in [-0.15, -0.1) is 0 Å². The van der Waals surface area contributed by atoms with Gasteiger partial charge in [0.25, 0.3) is 0 Å². The molecule has 1 aliphatic rings. The lowest BCUT2D eigenvalue weighted by atomic mass is 10.4. The number of hydrogen-bond donors (Lipinski definition) is 3. The summed E-state index contributed by atoms with van der Waals surface area (Å²) in [6, 6.07) is 0. The Morgan fingerprint density at radius 1 is 1.54 bits per heavy atom. The Bertz CT molecular complexity index is 105. The quantitative estimate of drug-likeness (QED) is 0.376. The summed E-state index contributed by atoms with van der Waals surface area (Å²) in [4.78, 5) is 0. The van der Waals surface area contributed by atoms with Gasteiger partial charge in [0.2, 0.25) is 0 Å². The second-order valence-corrected chi connectivity index (χ2v) is 2.78. The molecule has 2 atom stereocenters. The zero-order valence-electron chi connectivity index (χ0n) is 7.85. The predicted molar refractivity (Wildman–Crippen MR) is 46.4 cm³/mol. The molecular formula is C8H18O5. The van der Waals surface area contributed by atoms with E-state index < -0.39 is 6.10 Å². The lowest BCUT2D eigenvalue weighted by Gasteiger charge is -2.05. The first-order valence-corrected chi connectivity index (χ1v) is 4.29. The summed E-state index contributed by atoms with van der Waals surface area (Å²) in [5, 5.41) is 25.1. The molecule has 0 aromatic heterocycles. The minimum Gasteiger partial charge on any atom is -0.394 e. The summed E-state index contributed by atoms with van der Waals surface area (Å²) in [6.45, 7) is 2.97. The van der Waals surface area contributed by atoms with Crippen molar-refractivity contribution in [2.45, 2.75) is 19.1 Å². The summed E-state index contributed by atoms with van der Waals surface area (Å²) in [6.07, 6.45) is -0.239. The molecule has 0 radical (unpaired) electrons. The van der Waals surface area contributed by atoms with Crippen LogP contribution in [0.5, 0.6) is 0 Å². The second kappa shape index (κ2) is 8.40. The molecule has 0 aliphatic carbocycles. The smallest absolute Gasteiger partial charge is 0.100 e. The van der Waals surface area contributed by atoms with Crippen molar-refractivity contribution in [2.24, 2.45) is 0 Å². The zero-order valence-corrected chi connectivity index (χ0v) is 7.85. The van der Waals surface area contributed by atoms with Gasteiger partial charge in [-0.05, 0) is 6.92 Å². The van der Waals surface area contributed by atoms with Crippen molar-refractivity contribution in [3.8, 4) is 0 Å². The fourth-order valence-electron chi connectivity index (χ4n) is 0.433. The Morgan fingerprint density at radius 2 is 2.08 bits per heavy atom. The van der Waals surface area contributed by atoms with Crippen LogP contribution in [-0.4, -0.2) is 60.6 Å². The van der Waals surface area contributed by atoms with E-state index in [0.717, 1.165) is 6.61 Å². The molecule has 1 saturated heterocycles. The highest BCUT2D eigenvalue weighted by Gasteiger charge is 2.13. The van der Waals surface area contributed by atoms with Crippen LogP contribution in [0.3, 0.4) is 0 Å². The Balaban J connectivity index is 0.000000293. The lowest BCUT2D eigenvalue weighted by molar-refractivity contribution is -0.00361. The maximum atomic E-state index is 8.63.